The molecule has 0 saturated carbocycles. The lowest BCUT2D eigenvalue weighted by Crippen LogP contribution is -2.43. The number of carbonyl (C=O) groups excluding carboxylic acids is 1. The lowest BCUT2D eigenvalue weighted by molar-refractivity contribution is 0.0908. The summed E-state index contributed by atoms with van der Waals surface area (Å²) in [6, 6.07) is 3.85. The maximum atomic E-state index is 13.3. The Hall–Kier alpha value is -1.86. The van der Waals surface area contributed by atoms with E-state index in [1.165, 1.54) is 18.2 Å². The molecular weight excluding hydrogens is 257 g/mol. The first-order chi connectivity index (χ1) is 9.39. The minimum Gasteiger partial charge on any atom is -0.384 e. The molecular formula is C16H20FNO2. The van der Waals surface area contributed by atoms with E-state index in [4.69, 9.17) is 5.11 Å². The van der Waals surface area contributed by atoms with E-state index in [0.717, 1.165) is 12.8 Å². The Morgan fingerprint density at radius 3 is 2.75 bits per heavy atom. The zero-order valence-electron chi connectivity index (χ0n) is 12.1. The third kappa shape index (κ3) is 4.67. The van der Waals surface area contributed by atoms with E-state index in [1.54, 1.807) is 0 Å². The van der Waals surface area contributed by atoms with Gasteiger partial charge in [0, 0.05) is 11.1 Å². The first-order valence-corrected chi connectivity index (χ1v) is 6.61. The van der Waals surface area contributed by atoms with Crippen LogP contribution in [0.4, 0.5) is 4.39 Å². The molecule has 4 heteroatoms. The maximum Gasteiger partial charge on any atom is 0.253 e. The number of hydrogen-bond acceptors (Lipinski definition) is 2. The van der Waals surface area contributed by atoms with Crippen molar-refractivity contribution in [2.45, 2.75) is 39.2 Å². The van der Waals surface area contributed by atoms with Crippen LogP contribution >= 0.6 is 0 Å². The number of hydrogen-bond donors (Lipinski definition) is 2. The van der Waals surface area contributed by atoms with E-state index in [1.807, 2.05) is 20.8 Å². The summed E-state index contributed by atoms with van der Waals surface area (Å²) in [5.74, 6) is 4.29. The van der Waals surface area contributed by atoms with Gasteiger partial charge in [0.2, 0.25) is 0 Å². The van der Waals surface area contributed by atoms with Crippen molar-refractivity contribution < 1.29 is 14.3 Å². The van der Waals surface area contributed by atoms with Gasteiger partial charge in [-0.3, -0.25) is 4.79 Å². The molecule has 0 unspecified atom stereocenters. The van der Waals surface area contributed by atoms with Crippen LogP contribution in [0, 0.1) is 17.7 Å². The van der Waals surface area contributed by atoms with Crippen LogP contribution in [-0.2, 0) is 0 Å². The topological polar surface area (TPSA) is 49.3 Å². The number of aliphatic hydroxyl groups excluding tert-OH is 1. The Bertz CT molecular complexity index is 541. The van der Waals surface area contributed by atoms with Gasteiger partial charge in [0.15, 0.2) is 0 Å². The SMILES string of the molecule is CCCC(C)(C)NC(=O)c1cc(F)ccc1C#CCO. The molecule has 0 aromatic heterocycles. The lowest BCUT2D eigenvalue weighted by Gasteiger charge is -2.26. The van der Waals surface area contributed by atoms with Crippen molar-refractivity contribution in [1.82, 2.24) is 5.32 Å². The molecule has 0 spiro atoms. The highest BCUT2D eigenvalue weighted by atomic mass is 19.1. The number of halogens is 1. The second-order valence-corrected chi connectivity index (χ2v) is 5.24. The summed E-state index contributed by atoms with van der Waals surface area (Å²) in [6.45, 7) is 5.58. The molecule has 0 radical (unpaired) electrons. The van der Waals surface area contributed by atoms with Gasteiger partial charge in [-0.1, -0.05) is 25.2 Å². The molecule has 0 heterocycles. The third-order valence-corrected chi connectivity index (χ3v) is 2.86. The predicted octanol–water partition coefficient (Wildman–Crippen LogP) is 2.48. The molecule has 3 nitrogen and oxygen atoms in total. The van der Waals surface area contributed by atoms with Crippen LogP contribution in [0.15, 0.2) is 18.2 Å². The summed E-state index contributed by atoms with van der Waals surface area (Å²) >= 11 is 0. The van der Waals surface area contributed by atoms with Crippen LogP contribution < -0.4 is 5.32 Å². The molecule has 1 aromatic rings. The van der Waals surface area contributed by atoms with E-state index >= 15 is 0 Å². The summed E-state index contributed by atoms with van der Waals surface area (Å²) in [6.07, 6.45) is 1.76. The molecule has 108 valence electrons. The van der Waals surface area contributed by atoms with Gasteiger partial charge in [0.25, 0.3) is 5.91 Å². The predicted molar refractivity (Wildman–Crippen MR) is 76.8 cm³/mol. The average molecular weight is 277 g/mol. The van der Waals surface area contributed by atoms with Crippen LogP contribution in [0.5, 0.6) is 0 Å². The molecule has 1 rings (SSSR count). The van der Waals surface area contributed by atoms with E-state index < -0.39 is 5.82 Å². The Morgan fingerprint density at radius 1 is 1.45 bits per heavy atom. The Balaban J connectivity index is 3.05. The standard InChI is InChI=1S/C16H20FNO2/c1-4-9-16(2,3)18-15(20)14-11-13(17)8-7-12(14)6-5-10-19/h7-8,11,19H,4,9-10H2,1-3H3,(H,18,20). The van der Waals surface area contributed by atoms with Crippen molar-refractivity contribution in [3.63, 3.8) is 0 Å². The van der Waals surface area contributed by atoms with Gasteiger partial charge in [0.1, 0.15) is 12.4 Å². The Morgan fingerprint density at radius 2 is 2.15 bits per heavy atom. The van der Waals surface area contributed by atoms with Crippen molar-refractivity contribution in [3.8, 4) is 11.8 Å². The summed E-state index contributed by atoms with van der Waals surface area (Å²) in [5, 5.41) is 11.6. The van der Waals surface area contributed by atoms with E-state index in [2.05, 4.69) is 17.2 Å². The van der Waals surface area contributed by atoms with Crippen LogP contribution in [-0.4, -0.2) is 23.2 Å². The summed E-state index contributed by atoms with van der Waals surface area (Å²) < 4.78 is 13.3. The Kier molecular flexibility index (Phi) is 5.72. The van der Waals surface area contributed by atoms with E-state index in [0.29, 0.717) is 5.56 Å². The van der Waals surface area contributed by atoms with Gasteiger partial charge in [0.05, 0.1) is 5.56 Å². The number of aliphatic hydroxyl groups is 1. The lowest BCUT2D eigenvalue weighted by atomic mass is 9.97. The van der Waals surface area contributed by atoms with Crippen LogP contribution in [0.1, 0.15) is 49.5 Å². The maximum absolute atomic E-state index is 13.3. The molecule has 2 N–H and O–H groups in total. The number of carbonyl (C=O) groups is 1. The van der Waals surface area contributed by atoms with Crippen molar-refractivity contribution in [2.24, 2.45) is 0 Å². The van der Waals surface area contributed by atoms with Crippen molar-refractivity contribution in [1.29, 1.82) is 0 Å². The van der Waals surface area contributed by atoms with Gasteiger partial charge in [-0.15, -0.1) is 0 Å². The second kappa shape index (κ2) is 7.06. The second-order valence-electron chi connectivity index (χ2n) is 5.24. The van der Waals surface area contributed by atoms with E-state index in [9.17, 15) is 9.18 Å². The number of benzene rings is 1. The van der Waals surface area contributed by atoms with Gasteiger partial charge in [-0.05, 0) is 38.5 Å². The molecule has 0 aliphatic carbocycles. The fourth-order valence-corrected chi connectivity index (χ4v) is 2.01. The van der Waals surface area contributed by atoms with Crippen LogP contribution in [0.25, 0.3) is 0 Å². The number of amides is 1. The first-order valence-electron chi connectivity index (χ1n) is 6.61. The largest absolute Gasteiger partial charge is 0.384 e. The summed E-state index contributed by atoms with van der Waals surface area (Å²) in [4.78, 5) is 12.3. The van der Waals surface area contributed by atoms with Crippen molar-refractivity contribution in [3.05, 3.63) is 35.1 Å². The summed E-state index contributed by atoms with van der Waals surface area (Å²) in [5.41, 5.74) is 0.236. The fraction of sp³-hybridized carbons (Fsp3) is 0.438. The minimum absolute atomic E-state index is 0.190. The van der Waals surface area contributed by atoms with Crippen molar-refractivity contribution >= 4 is 5.91 Å². The third-order valence-electron chi connectivity index (χ3n) is 2.86. The Labute approximate surface area is 119 Å². The fourth-order valence-electron chi connectivity index (χ4n) is 2.01. The van der Waals surface area contributed by atoms with Crippen LogP contribution in [0.2, 0.25) is 0 Å². The van der Waals surface area contributed by atoms with Crippen molar-refractivity contribution in [2.75, 3.05) is 6.61 Å². The molecule has 0 aliphatic heterocycles. The molecule has 1 amide bonds. The molecule has 0 bridgehead atoms. The van der Waals surface area contributed by atoms with Crippen LogP contribution in [0.3, 0.4) is 0 Å². The molecule has 0 saturated heterocycles. The highest BCUT2D eigenvalue weighted by Crippen LogP contribution is 2.15. The molecule has 20 heavy (non-hydrogen) atoms. The zero-order chi connectivity index (χ0) is 15.2. The monoisotopic (exact) mass is 277 g/mol. The first kappa shape index (κ1) is 16.2. The highest BCUT2D eigenvalue weighted by molar-refractivity contribution is 5.97. The summed E-state index contributed by atoms with van der Waals surface area (Å²) in [7, 11) is 0. The molecule has 0 atom stereocenters. The van der Waals surface area contributed by atoms with E-state index in [-0.39, 0.29) is 23.6 Å². The zero-order valence-corrected chi connectivity index (χ0v) is 12.1. The van der Waals surface area contributed by atoms with Gasteiger partial charge < -0.3 is 10.4 Å². The quantitative estimate of drug-likeness (QED) is 0.831. The highest BCUT2D eigenvalue weighted by Gasteiger charge is 2.21. The van der Waals surface area contributed by atoms with Gasteiger partial charge >= 0.3 is 0 Å². The number of rotatable bonds is 4. The normalized spacial score (nSPS) is 10.7. The molecule has 0 aliphatic rings. The average Bonchev–Trinajstić information content (AvgIpc) is 2.36. The van der Waals surface area contributed by atoms with Gasteiger partial charge in [-0.2, -0.15) is 0 Å². The molecule has 1 aromatic carbocycles. The van der Waals surface area contributed by atoms with Gasteiger partial charge in [-0.25, -0.2) is 4.39 Å². The minimum atomic E-state index is -0.488. The molecule has 0 fully saturated rings. The number of nitrogens with one attached hydrogen (secondary N) is 1. The smallest absolute Gasteiger partial charge is 0.253 e.